The van der Waals surface area contributed by atoms with Gasteiger partial charge in [-0.25, -0.2) is 9.59 Å². The number of carbonyl (C=O) groups excluding carboxylic acids is 2. The lowest BCUT2D eigenvalue weighted by atomic mass is 10.0. The maximum absolute atomic E-state index is 11.8. The van der Waals surface area contributed by atoms with E-state index in [9.17, 15) is 9.59 Å². The number of hydrogen-bond acceptors (Lipinski definition) is 4. The van der Waals surface area contributed by atoms with Gasteiger partial charge < -0.3 is 9.47 Å². The number of rotatable bonds is 1. The summed E-state index contributed by atoms with van der Waals surface area (Å²) < 4.78 is 10.1. The topological polar surface area (TPSA) is 55.8 Å². The van der Waals surface area contributed by atoms with Crippen LogP contribution in [-0.2, 0) is 14.3 Å². The van der Waals surface area contributed by atoms with Gasteiger partial charge in [-0.05, 0) is 26.7 Å². The van der Waals surface area contributed by atoms with E-state index in [-0.39, 0.29) is 18.6 Å². The first-order valence-electron chi connectivity index (χ1n) is 5.38. The highest BCUT2D eigenvalue weighted by Gasteiger charge is 2.41. The number of esters is 1. The maximum atomic E-state index is 11.8. The summed E-state index contributed by atoms with van der Waals surface area (Å²) >= 11 is 0. The number of hydrogen-bond donors (Lipinski definition) is 0. The van der Waals surface area contributed by atoms with Gasteiger partial charge in [0.15, 0.2) is 6.73 Å². The molecule has 0 radical (unpaired) electrons. The molecule has 5 heteroatoms. The molecule has 1 unspecified atom stereocenters. The first-order valence-corrected chi connectivity index (χ1v) is 5.38. The van der Waals surface area contributed by atoms with E-state index in [0.29, 0.717) is 0 Å². The summed E-state index contributed by atoms with van der Waals surface area (Å²) in [7, 11) is 0. The van der Waals surface area contributed by atoms with Crippen molar-refractivity contribution in [3.8, 4) is 0 Å². The van der Waals surface area contributed by atoms with Crippen LogP contribution in [0.5, 0.6) is 0 Å². The fraction of sp³-hybridized carbons (Fsp3) is 0.818. The maximum Gasteiger partial charge on any atom is 0.413 e. The summed E-state index contributed by atoms with van der Waals surface area (Å²) in [5, 5.41) is 0. The lowest BCUT2D eigenvalue weighted by Crippen LogP contribution is -2.44. The first-order chi connectivity index (χ1) is 7.22. The molecule has 1 saturated heterocycles. The van der Waals surface area contributed by atoms with Gasteiger partial charge in [-0.1, -0.05) is 13.8 Å². The molecule has 0 N–H and O–H groups in total. The zero-order valence-corrected chi connectivity index (χ0v) is 10.4. The second-order valence-electron chi connectivity index (χ2n) is 5.23. The molecule has 1 amide bonds. The summed E-state index contributed by atoms with van der Waals surface area (Å²) in [6.45, 7) is 9.08. The third kappa shape index (κ3) is 2.87. The number of cyclic esters (lactones) is 1. The minimum atomic E-state index is -0.565. The Bertz CT molecular complexity index is 293. The fourth-order valence-electron chi connectivity index (χ4n) is 1.54. The van der Waals surface area contributed by atoms with Crippen molar-refractivity contribution in [2.75, 3.05) is 6.73 Å². The van der Waals surface area contributed by atoms with Crippen LogP contribution in [0.3, 0.4) is 0 Å². The second kappa shape index (κ2) is 4.31. The van der Waals surface area contributed by atoms with Crippen LogP contribution >= 0.6 is 0 Å². The van der Waals surface area contributed by atoms with Gasteiger partial charge in [0.05, 0.1) is 0 Å². The van der Waals surface area contributed by atoms with Gasteiger partial charge in [0, 0.05) is 0 Å². The van der Waals surface area contributed by atoms with E-state index in [1.165, 1.54) is 4.90 Å². The molecule has 5 nitrogen and oxygen atoms in total. The van der Waals surface area contributed by atoms with E-state index in [0.717, 1.165) is 0 Å². The van der Waals surface area contributed by atoms with Crippen LogP contribution in [0.25, 0.3) is 0 Å². The number of carbonyl (C=O) groups is 2. The Labute approximate surface area is 95.7 Å². The van der Waals surface area contributed by atoms with Crippen molar-refractivity contribution >= 4 is 12.1 Å². The molecule has 16 heavy (non-hydrogen) atoms. The fourth-order valence-corrected chi connectivity index (χ4v) is 1.54. The summed E-state index contributed by atoms with van der Waals surface area (Å²) in [5.74, 6) is -0.344. The van der Waals surface area contributed by atoms with Gasteiger partial charge in [0.25, 0.3) is 0 Å². The minimum Gasteiger partial charge on any atom is -0.444 e. The molecule has 1 atom stereocenters. The Morgan fingerprint density at radius 1 is 1.50 bits per heavy atom. The van der Waals surface area contributed by atoms with Crippen molar-refractivity contribution in [3.05, 3.63) is 0 Å². The minimum absolute atomic E-state index is 0.0162. The lowest BCUT2D eigenvalue weighted by Gasteiger charge is -2.27. The molecule has 1 fully saturated rings. The van der Waals surface area contributed by atoms with Crippen molar-refractivity contribution in [2.24, 2.45) is 5.92 Å². The molecule has 0 aliphatic carbocycles. The van der Waals surface area contributed by atoms with Gasteiger partial charge in [0.2, 0.25) is 0 Å². The normalized spacial score (nSPS) is 21.2. The molecule has 1 aliphatic rings. The Kier molecular flexibility index (Phi) is 3.45. The zero-order valence-electron chi connectivity index (χ0n) is 10.4. The lowest BCUT2D eigenvalue weighted by molar-refractivity contribution is -0.139. The van der Waals surface area contributed by atoms with Crippen LogP contribution in [0.2, 0.25) is 0 Å². The molecule has 0 aromatic carbocycles. The zero-order chi connectivity index (χ0) is 12.5. The van der Waals surface area contributed by atoms with Gasteiger partial charge in [-0.3, -0.25) is 4.90 Å². The second-order valence-corrected chi connectivity index (χ2v) is 5.23. The average molecular weight is 229 g/mol. The molecular formula is C11H19NO4. The predicted octanol–water partition coefficient (Wildman–Crippen LogP) is 1.76. The third-order valence-corrected chi connectivity index (χ3v) is 2.18. The Balaban J connectivity index is 2.73. The average Bonchev–Trinajstić information content (AvgIpc) is 2.43. The highest BCUT2D eigenvalue weighted by Crippen LogP contribution is 2.21. The number of ether oxygens (including phenoxy) is 2. The molecule has 0 saturated carbocycles. The van der Waals surface area contributed by atoms with E-state index in [1.807, 2.05) is 13.8 Å². The molecule has 92 valence electrons. The van der Waals surface area contributed by atoms with E-state index < -0.39 is 17.7 Å². The van der Waals surface area contributed by atoms with E-state index in [2.05, 4.69) is 0 Å². The van der Waals surface area contributed by atoms with E-state index >= 15 is 0 Å². The Hall–Kier alpha value is -1.26. The molecule has 0 aromatic rings. The van der Waals surface area contributed by atoms with Gasteiger partial charge in [-0.2, -0.15) is 0 Å². The van der Waals surface area contributed by atoms with E-state index in [4.69, 9.17) is 9.47 Å². The highest BCUT2D eigenvalue weighted by molar-refractivity contribution is 5.84. The van der Waals surface area contributed by atoms with Crippen molar-refractivity contribution in [1.29, 1.82) is 0 Å². The van der Waals surface area contributed by atoms with Crippen LogP contribution in [0.1, 0.15) is 34.6 Å². The van der Waals surface area contributed by atoms with Crippen LogP contribution in [0.15, 0.2) is 0 Å². The molecule has 1 rings (SSSR count). The van der Waals surface area contributed by atoms with Crippen molar-refractivity contribution in [3.63, 3.8) is 0 Å². The predicted molar refractivity (Wildman–Crippen MR) is 57.7 cm³/mol. The summed E-state index contributed by atoms with van der Waals surface area (Å²) in [4.78, 5) is 24.5. The molecule has 1 heterocycles. The SMILES string of the molecule is CC(C)C1C(=O)OCN1C(=O)OC(C)(C)C. The number of amides is 1. The summed E-state index contributed by atoms with van der Waals surface area (Å²) in [6, 6.07) is -0.533. The van der Waals surface area contributed by atoms with Crippen LogP contribution in [0.4, 0.5) is 4.79 Å². The molecular weight excluding hydrogens is 210 g/mol. The van der Waals surface area contributed by atoms with Crippen molar-refractivity contribution in [1.82, 2.24) is 4.90 Å². The van der Waals surface area contributed by atoms with Gasteiger partial charge in [-0.15, -0.1) is 0 Å². The molecule has 0 aromatic heterocycles. The standard InChI is InChI=1S/C11H19NO4/c1-7(2)8-9(13)15-6-12(8)10(14)16-11(3,4)5/h7-8H,6H2,1-5H3. The van der Waals surface area contributed by atoms with Crippen LogP contribution in [-0.4, -0.2) is 35.3 Å². The monoisotopic (exact) mass is 229 g/mol. The van der Waals surface area contributed by atoms with Crippen molar-refractivity contribution < 1.29 is 19.1 Å². The molecule has 1 aliphatic heterocycles. The quantitative estimate of drug-likeness (QED) is 0.643. The molecule has 0 spiro atoms. The van der Waals surface area contributed by atoms with Crippen LogP contribution < -0.4 is 0 Å². The van der Waals surface area contributed by atoms with Crippen molar-refractivity contribution in [2.45, 2.75) is 46.3 Å². The first kappa shape index (κ1) is 12.8. The molecule has 0 bridgehead atoms. The summed E-state index contributed by atoms with van der Waals surface area (Å²) in [6.07, 6.45) is -0.503. The van der Waals surface area contributed by atoms with E-state index in [1.54, 1.807) is 20.8 Å². The van der Waals surface area contributed by atoms with Gasteiger partial charge >= 0.3 is 12.1 Å². The number of nitrogens with zero attached hydrogens (tertiary/aromatic N) is 1. The van der Waals surface area contributed by atoms with Crippen LogP contribution in [0, 0.1) is 5.92 Å². The largest absolute Gasteiger partial charge is 0.444 e. The smallest absolute Gasteiger partial charge is 0.413 e. The Morgan fingerprint density at radius 2 is 2.06 bits per heavy atom. The summed E-state index contributed by atoms with van der Waals surface area (Å²) in [5.41, 5.74) is -0.565. The highest BCUT2D eigenvalue weighted by atomic mass is 16.6. The third-order valence-electron chi connectivity index (χ3n) is 2.18. The Morgan fingerprint density at radius 3 is 2.50 bits per heavy atom. The van der Waals surface area contributed by atoms with Gasteiger partial charge in [0.1, 0.15) is 11.6 Å².